The van der Waals surface area contributed by atoms with E-state index in [1.165, 1.54) is 5.39 Å². The lowest BCUT2D eigenvalue weighted by molar-refractivity contribution is 0.0979. The van der Waals surface area contributed by atoms with E-state index in [0.29, 0.717) is 12.0 Å². The lowest BCUT2D eigenvalue weighted by atomic mass is 9.91. The molecular formula is C21H16O. The molecule has 0 aliphatic rings. The van der Waals surface area contributed by atoms with Crippen LogP contribution in [0, 0.1) is 12.3 Å². The van der Waals surface area contributed by atoms with Gasteiger partial charge in [0.05, 0.1) is 5.92 Å². The molecule has 3 aromatic rings. The molecule has 22 heavy (non-hydrogen) atoms. The summed E-state index contributed by atoms with van der Waals surface area (Å²) in [5, 5.41) is 2.32. The van der Waals surface area contributed by atoms with Gasteiger partial charge in [-0.2, -0.15) is 0 Å². The van der Waals surface area contributed by atoms with Gasteiger partial charge in [0, 0.05) is 12.0 Å². The SMILES string of the molecule is C#C[C@@H](CC(=O)c1ccccc1)c1ccc2ccccc2c1. The van der Waals surface area contributed by atoms with Crippen LogP contribution in [0.25, 0.3) is 10.8 Å². The van der Waals surface area contributed by atoms with E-state index in [2.05, 4.69) is 30.2 Å². The minimum Gasteiger partial charge on any atom is -0.294 e. The van der Waals surface area contributed by atoms with E-state index in [1.807, 2.05) is 48.5 Å². The molecule has 1 nitrogen and oxygen atoms in total. The zero-order valence-corrected chi connectivity index (χ0v) is 12.2. The van der Waals surface area contributed by atoms with Crippen LogP contribution in [-0.2, 0) is 0 Å². The molecule has 1 heteroatoms. The van der Waals surface area contributed by atoms with Crippen molar-refractivity contribution in [2.45, 2.75) is 12.3 Å². The number of terminal acetylenes is 1. The van der Waals surface area contributed by atoms with Crippen LogP contribution in [0.2, 0.25) is 0 Å². The van der Waals surface area contributed by atoms with Gasteiger partial charge in [-0.15, -0.1) is 6.42 Å². The number of carbonyl (C=O) groups excluding carboxylic acids is 1. The van der Waals surface area contributed by atoms with Crippen molar-refractivity contribution >= 4 is 16.6 Å². The molecule has 0 amide bonds. The van der Waals surface area contributed by atoms with Crippen LogP contribution in [0.3, 0.4) is 0 Å². The average Bonchev–Trinajstić information content (AvgIpc) is 2.59. The fourth-order valence-electron chi connectivity index (χ4n) is 2.62. The summed E-state index contributed by atoms with van der Waals surface area (Å²) < 4.78 is 0. The van der Waals surface area contributed by atoms with E-state index in [9.17, 15) is 4.79 Å². The largest absolute Gasteiger partial charge is 0.294 e. The summed E-state index contributed by atoms with van der Waals surface area (Å²) in [4.78, 5) is 12.4. The summed E-state index contributed by atoms with van der Waals surface area (Å²) in [6, 6.07) is 23.6. The molecule has 0 bridgehead atoms. The predicted molar refractivity (Wildman–Crippen MR) is 90.9 cm³/mol. The van der Waals surface area contributed by atoms with Gasteiger partial charge in [-0.3, -0.25) is 4.79 Å². The number of rotatable bonds is 4. The first-order chi connectivity index (χ1) is 10.8. The van der Waals surface area contributed by atoms with Gasteiger partial charge in [0.15, 0.2) is 5.78 Å². The second-order valence-corrected chi connectivity index (χ2v) is 5.32. The highest BCUT2D eigenvalue weighted by Crippen LogP contribution is 2.25. The van der Waals surface area contributed by atoms with E-state index in [4.69, 9.17) is 6.42 Å². The maximum Gasteiger partial charge on any atom is 0.164 e. The molecule has 0 spiro atoms. The highest BCUT2D eigenvalue weighted by Gasteiger charge is 2.15. The van der Waals surface area contributed by atoms with Crippen molar-refractivity contribution in [3.8, 4) is 12.3 Å². The van der Waals surface area contributed by atoms with Gasteiger partial charge < -0.3 is 0 Å². The number of hydrogen-bond acceptors (Lipinski definition) is 1. The molecular weight excluding hydrogens is 268 g/mol. The Labute approximate surface area is 130 Å². The Balaban J connectivity index is 1.87. The Bertz CT molecular complexity index is 840. The minimum atomic E-state index is -0.197. The molecule has 3 rings (SSSR count). The summed E-state index contributed by atoms with van der Waals surface area (Å²) in [5.74, 6) is 2.65. The molecule has 0 fully saturated rings. The van der Waals surface area contributed by atoms with Crippen molar-refractivity contribution in [1.29, 1.82) is 0 Å². The molecule has 3 aromatic carbocycles. The number of ketones is 1. The normalized spacial score (nSPS) is 11.8. The van der Waals surface area contributed by atoms with Gasteiger partial charge >= 0.3 is 0 Å². The minimum absolute atomic E-state index is 0.0803. The van der Waals surface area contributed by atoms with Crippen LogP contribution < -0.4 is 0 Å². The second-order valence-electron chi connectivity index (χ2n) is 5.32. The van der Waals surface area contributed by atoms with Gasteiger partial charge in [-0.1, -0.05) is 72.7 Å². The Kier molecular flexibility index (Phi) is 4.03. The van der Waals surface area contributed by atoms with Crippen molar-refractivity contribution < 1.29 is 4.79 Å². The van der Waals surface area contributed by atoms with E-state index in [-0.39, 0.29) is 11.7 Å². The standard InChI is InChI=1S/C21H16O/c1-2-16(15-21(22)18-9-4-3-5-10-18)20-13-12-17-8-6-7-11-19(17)14-20/h1,3-14,16H,15H2/t16-/m0/s1. The van der Waals surface area contributed by atoms with E-state index in [1.54, 1.807) is 0 Å². The van der Waals surface area contributed by atoms with Crippen molar-refractivity contribution in [2.24, 2.45) is 0 Å². The third kappa shape index (κ3) is 2.92. The van der Waals surface area contributed by atoms with Gasteiger partial charge in [0.25, 0.3) is 0 Å². The highest BCUT2D eigenvalue weighted by atomic mass is 16.1. The first-order valence-corrected chi connectivity index (χ1v) is 7.31. The maximum atomic E-state index is 12.4. The molecule has 0 saturated carbocycles. The smallest absolute Gasteiger partial charge is 0.164 e. The predicted octanol–water partition coefficient (Wildman–Crippen LogP) is 4.83. The summed E-state index contributed by atoms with van der Waals surface area (Å²) in [5.41, 5.74) is 1.73. The summed E-state index contributed by atoms with van der Waals surface area (Å²) in [6.07, 6.45) is 6.01. The molecule has 0 radical (unpaired) electrons. The molecule has 0 aliphatic heterocycles. The van der Waals surface area contributed by atoms with Gasteiger partial charge in [-0.25, -0.2) is 0 Å². The molecule has 0 N–H and O–H groups in total. The molecule has 0 saturated heterocycles. The van der Waals surface area contributed by atoms with Crippen molar-refractivity contribution in [3.63, 3.8) is 0 Å². The van der Waals surface area contributed by atoms with Gasteiger partial charge in [0.1, 0.15) is 0 Å². The quantitative estimate of drug-likeness (QED) is 0.495. The number of carbonyl (C=O) groups is 1. The molecule has 106 valence electrons. The summed E-state index contributed by atoms with van der Waals surface area (Å²) in [7, 11) is 0. The summed E-state index contributed by atoms with van der Waals surface area (Å²) in [6.45, 7) is 0. The van der Waals surface area contributed by atoms with E-state index in [0.717, 1.165) is 10.9 Å². The second kappa shape index (κ2) is 6.28. The van der Waals surface area contributed by atoms with Gasteiger partial charge in [-0.05, 0) is 22.4 Å². The third-order valence-electron chi connectivity index (χ3n) is 3.86. The Morgan fingerprint density at radius 3 is 2.32 bits per heavy atom. The van der Waals surface area contributed by atoms with Gasteiger partial charge in [0.2, 0.25) is 0 Å². The summed E-state index contributed by atoms with van der Waals surface area (Å²) >= 11 is 0. The first kappa shape index (κ1) is 14.1. The molecule has 0 aliphatic carbocycles. The monoisotopic (exact) mass is 284 g/mol. The van der Waals surface area contributed by atoms with Crippen LogP contribution in [0.15, 0.2) is 72.8 Å². The lowest BCUT2D eigenvalue weighted by Gasteiger charge is -2.11. The van der Waals surface area contributed by atoms with Crippen LogP contribution in [0.1, 0.15) is 28.3 Å². The van der Waals surface area contributed by atoms with Crippen LogP contribution in [0.5, 0.6) is 0 Å². The Morgan fingerprint density at radius 1 is 0.909 bits per heavy atom. The Hall–Kier alpha value is -2.85. The maximum absolute atomic E-state index is 12.4. The highest BCUT2D eigenvalue weighted by molar-refractivity contribution is 5.96. The zero-order valence-electron chi connectivity index (χ0n) is 12.2. The van der Waals surface area contributed by atoms with Crippen molar-refractivity contribution in [1.82, 2.24) is 0 Å². The number of Topliss-reactive ketones (excluding diaryl/α,β-unsaturated/α-hetero) is 1. The number of fused-ring (bicyclic) bond motifs is 1. The number of benzene rings is 3. The molecule has 0 heterocycles. The van der Waals surface area contributed by atoms with Crippen molar-refractivity contribution in [3.05, 3.63) is 83.9 Å². The van der Waals surface area contributed by atoms with Crippen molar-refractivity contribution in [2.75, 3.05) is 0 Å². The van der Waals surface area contributed by atoms with Crippen LogP contribution in [0.4, 0.5) is 0 Å². The van der Waals surface area contributed by atoms with E-state index < -0.39 is 0 Å². The van der Waals surface area contributed by atoms with Crippen LogP contribution in [-0.4, -0.2) is 5.78 Å². The third-order valence-corrected chi connectivity index (χ3v) is 3.86. The number of hydrogen-bond donors (Lipinski definition) is 0. The fraction of sp³-hybridized carbons (Fsp3) is 0.0952. The lowest BCUT2D eigenvalue weighted by Crippen LogP contribution is -2.06. The Morgan fingerprint density at radius 2 is 1.59 bits per heavy atom. The van der Waals surface area contributed by atoms with Crippen LogP contribution >= 0.6 is 0 Å². The molecule has 0 aromatic heterocycles. The molecule has 0 unspecified atom stereocenters. The topological polar surface area (TPSA) is 17.1 Å². The first-order valence-electron chi connectivity index (χ1n) is 7.31. The molecule has 1 atom stereocenters. The van der Waals surface area contributed by atoms with E-state index >= 15 is 0 Å². The average molecular weight is 284 g/mol. The zero-order chi connectivity index (χ0) is 15.4. The fourth-order valence-corrected chi connectivity index (χ4v) is 2.62.